The number of hydrogen-bond acceptors (Lipinski definition) is 2. The zero-order valence-corrected chi connectivity index (χ0v) is 12.7. The molecule has 0 radical (unpaired) electrons. The van der Waals surface area contributed by atoms with E-state index >= 15 is 0 Å². The van der Waals surface area contributed by atoms with Crippen molar-refractivity contribution in [2.75, 3.05) is 6.54 Å². The monoisotopic (exact) mass is 337 g/mol. The molecule has 4 nitrogen and oxygen atoms in total. The van der Waals surface area contributed by atoms with E-state index in [1.54, 1.807) is 6.08 Å². The lowest BCUT2D eigenvalue weighted by Crippen LogP contribution is -2.33. The highest BCUT2D eigenvalue weighted by Crippen LogP contribution is 2.45. The molecule has 0 unspecified atom stereocenters. The van der Waals surface area contributed by atoms with Crippen LogP contribution in [0, 0.1) is 12.3 Å². The van der Waals surface area contributed by atoms with Crippen LogP contribution in [0.2, 0.25) is 0 Å². The molecule has 1 amide bonds. The maximum absolute atomic E-state index is 11.7. The Balaban J connectivity index is 1.91. The Morgan fingerprint density at radius 3 is 2.70 bits per heavy atom. The summed E-state index contributed by atoms with van der Waals surface area (Å²) in [7, 11) is 0. The number of benzene rings is 1. The standard InChI is InChI=1S/C15H16BrNO3/c1-10-2-3-11(12(16)8-10)4-5-13(18)17-9-15(6-7-15)14(19)20/h2-5,8H,6-7,9H2,1H3,(H,17,18)(H,19,20)/b5-4+. The van der Waals surface area contributed by atoms with E-state index in [4.69, 9.17) is 5.11 Å². The summed E-state index contributed by atoms with van der Waals surface area (Å²) in [5.41, 5.74) is 1.31. The van der Waals surface area contributed by atoms with Crippen molar-refractivity contribution < 1.29 is 14.7 Å². The van der Waals surface area contributed by atoms with Crippen molar-refractivity contribution in [3.05, 3.63) is 39.9 Å². The summed E-state index contributed by atoms with van der Waals surface area (Å²) in [5, 5.41) is 11.7. The van der Waals surface area contributed by atoms with Gasteiger partial charge in [-0.2, -0.15) is 0 Å². The Morgan fingerprint density at radius 2 is 2.15 bits per heavy atom. The lowest BCUT2D eigenvalue weighted by Gasteiger charge is -2.09. The first-order valence-corrected chi connectivity index (χ1v) is 7.18. The summed E-state index contributed by atoms with van der Waals surface area (Å²) in [4.78, 5) is 22.7. The number of aryl methyl sites for hydroxylation is 1. The van der Waals surface area contributed by atoms with Gasteiger partial charge in [-0.15, -0.1) is 0 Å². The lowest BCUT2D eigenvalue weighted by molar-refractivity contribution is -0.143. The second-order valence-corrected chi connectivity index (χ2v) is 6.02. The van der Waals surface area contributed by atoms with Crippen molar-refractivity contribution in [2.45, 2.75) is 19.8 Å². The van der Waals surface area contributed by atoms with Crippen molar-refractivity contribution in [1.29, 1.82) is 0 Å². The number of carboxylic acids is 1. The highest BCUT2D eigenvalue weighted by Gasteiger charge is 2.50. The third kappa shape index (κ3) is 3.48. The first kappa shape index (κ1) is 14.8. The van der Waals surface area contributed by atoms with Crippen LogP contribution in [0.15, 0.2) is 28.7 Å². The molecular weight excluding hydrogens is 322 g/mol. The lowest BCUT2D eigenvalue weighted by atomic mass is 10.1. The van der Waals surface area contributed by atoms with Crippen molar-refractivity contribution >= 4 is 33.9 Å². The Labute approximate surface area is 126 Å². The van der Waals surface area contributed by atoms with Gasteiger partial charge < -0.3 is 10.4 Å². The summed E-state index contributed by atoms with van der Waals surface area (Å²) < 4.78 is 0.922. The Hall–Kier alpha value is -1.62. The van der Waals surface area contributed by atoms with Gasteiger partial charge in [0.05, 0.1) is 5.41 Å². The average molecular weight is 338 g/mol. The molecule has 0 heterocycles. The van der Waals surface area contributed by atoms with Crippen LogP contribution in [-0.2, 0) is 9.59 Å². The number of amides is 1. The number of carboxylic acid groups (broad SMARTS) is 1. The van der Waals surface area contributed by atoms with Crippen molar-refractivity contribution in [3.63, 3.8) is 0 Å². The molecule has 1 aromatic carbocycles. The molecule has 1 saturated carbocycles. The molecule has 1 aliphatic carbocycles. The maximum Gasteiger partial charge on any atom is 0.311 e. The van der Waals surface area contributed by atoms with Crippen LogP contribution < -0.4 is 5.32 Å². The summed E-state index contributed by atoms with van der Waals surface area (Å²) in [6.07, 6.45) is 4.40. The highest BCUT2D eigenvalue weighted by atomic mass is 79.9. The van der Waals surface area contributed by atoms with Crippen molar-refractivity contribution in [2.24, 2.45) is 5.41 Å². The molecule has 0 aliphatic heterocycles. The molecule has 1 aliphatic rings. The van der Waals surface area contributed by atoms with E-state index in [1.165, 1.54) is 6.08 Å². The molecule has 106 valence electrons. The van der Waals surface area contributed by atoms with Crippen LogP contribution >= 0.6 is 15.9 Å². The van der Waals surface area contributed by atoms with Gasteiger partial charge >= 0.3 is 5.97 Å². The Kier molecular flexibility index (Phi) is 4.28. The van der Waals surface area contributed by atoms with E-state index < -0.39 is 11.4 Å². The number of aliphatic carboxylic acids is 1. The van der Waals surface area contributed by atoms with Crippen molar-refractivity contribution in [1.82, 2.24) is 5.32 Å². The molecule has 5 heteroatoms. The van der Waals surface area contributed by atoms with Crippen LogP contribution in [0.5, 0.6) is 0 Å². The topological polar surface area (TPSA) is 66.4 Å². The van der Waals surface area contributed by atoms with E-state index in [-0.39, 0.29) is 12.5 Å². The largest absolute Gasteiger partial charge is 0.481 e. The fourth-order valence-corrected chi connectivity index (χ4v) is 2.49. The van der Waals surface area contributed by atoms with Gasteiger partial charge in [0, 0.05) is 17.1 Å². The molecule has 1 fully saturated rings. The quantitative estimate of drug-likeness (QED) is 0.812. The van der Waals surface area contributed by atoms with Gasteiger partial charge in [-0.25, -0.2) is 0 Å². The van der Waals surface area contributed by atoms with Gasteiger partial charge in [-0.05, 0) is 43.0 Å². The van der Waals surface area contributed by atoms with Gasteiger partial charge in [0.15, 0.2) is 0 Å². The first-order valence-electron chi connectivity index (χ1n) is 6.38. The third-order valence-electron chi connectivity index (χ3n) is 3.48. The Morgan fingerprint density at radius 1 is 1.45 bits per heavy atom. The number of carbonyl (C=O) groups is 2. The van der Waals surface area contributed by atoms with Gasteiger partial charge in [0.2, 0.25) is 5.91 Å². The summed E-state index contributed by atoms with van der Waals surface area (Å²) >= 11 is 3.44. The van der Waals surface area contributed by atoms with Crippen LogP contribution in [0.1, 0.15) is 24.0 Å². The third-order valence-corrected chi connectivity index (χ3v) is 4.17. The molecule has 0 spiro atoms. The summed E-state index contributed by atoms with van der Waals surface area (Å²) in [6, 6.07) is 5.86. The van der Waals surface area contributed by atoms with Crippen LogP contribution in [0.3, 0.4) is 0 Å². The SMILES string of the molecule is Cc1ccc(/C=C/C(=O)NCC2(C(=O)O)CC2)c(Br)c1. The van der Waals surface area contributed by atoms with Gasteiger partial charge in [-0.1, -0.05) is 28.1 Å². The normalized spacial score (nSPS) is 16.1. The van der Waals surface area contributed by atoms with E-state index in [1.807, 2.05) is 25.1 Å². The molecule has 0 saturated heterocycles. The minimum absolute atomic E-state index is 0.195. The molecule has 0 aromatic heterocycles. The minimum Gasteiger partial charge on any atom is -0.481 e. The van der Waals surface area contributed by atoms with E-state index in [2.05, 4.69) is 21.2 Å². The van der Waals surface area contributed by atoms with Gasteiger partial charge in [0.25, 0.3) is 0 Å². The number of rotatable bonds is 5. The van der Waals surface area contributed by atoms with E-state index in [9.17, 15) is 9.59 Å². The number of halogens is 1. The smallest absolute Gasteiger partial charge is 0.311 e. The summed E-state index contributed by atoms with van der Waals surface area (Å²) in [6.45, 7) is 2.19. The van der Waals surface area contributed by atoms with E-state index in [0.29, 0.717) is 12.8 Å². The van der Waals surface area contributed by atoms with E-state index in [0.717, 1.165) is 15.6 Å². The molecule has 1 aromatic rings. The average Bonchev–Trinajstić information content (AvgIpc) is 3.16. The molecule has 2 N–H and O–H groups in total. The van der Waals surface area contributed by atoms with Crippen molar-refractivity contribution in [3.8, 4) is 0 Å². The molecule has 20 heavy (non-hydrogen) atoms. The molecule has 2 rings (SSSR count). The Bertz CT molecular complexity index is 576. The first-order chi connectivity index (χ1) is 9.43. The number of nitrogens with one attached hydrogen (secondary N) is 1. The van der Waals surface area contributed by atoms with Gasteiger partial charge in [0.1, 0.15) is 0 Å². The van der Waals surface area contributed by atoms with Crippen LogP contribution in [0.4, 0.5) is 0 Å². The molecule has 0 atom stereocenters. The zero-order chi connectivity index (χ0) is 14.8. The predicted molar refractivity (Wildman–Crippen MR) is 80.2 cm³/mol. The second-order valence-electron chi connectivity index (χ2n) is 5.16. The maximum atomic E-state index is 11.7. The van der Waals surface area contributed by atoms with Crippen LogP contribution in [-0.4, -0.2) is 23.5 Å². The van der Waals surface area contributed by atoms with Crippen LogP contribution in [0.25, 0.3) is 6.08 Å². The second kappa shape index (κ2) is 5.79. The molecule has 0 bridgehead atoms. The fourth-order valence-electron chi connectivity index (χ4n) is 1.87. The zero-order valence-electron chi connectivity index (χ0n) is 11.1. The fraction of sp³-hybridized carbons (Fsp3) is 0.333. The molecular formula is C15H16BrNO3. The van der Waals surface area contributed by atoms with Gasteiger partial charge in [-0.3, -0.25) is 9.59 Å². The number of hydrogen-bond donors (Lipinski definition) is 2. The predicted octanol–water partition coefficient (Wildman–Crippen LogP) is 2.75. The number of carbonyl (C=O) groups excluding carboxylic acids is 1. The highest BCUT2D eigenvalue weighted by molar-refractivity contribution is 9.10. The summed E-state index contributed by atoms with van der Waals surface area (Å²) in [5.74, 6) is -1.10. The minimum atomic E-state index is -0.831.